The maximum absolute atomic E-state index is 14.1. The van der Waals surface area contributed by atoms with Crippen LogP contribution in [0.4, 0.5) is 0 Å². The molecular weight excluding hydrogens is 534 g/mol. The van der Waals surface area contributed by atoms with Gasteiger partial charge >= 0.3 is 5.97 Å². The number of benzene rings is 3. The number of carbonyl (C=O) groups is 3. The molecule has 2 heterocycles. The Morgan fingerprint density at radius 1 is 1.10 bits per heavy atom. The van der Waals surface area contributed by atoms with Crippen LogP contribution in [0.15, 0.2) is 72.8 Å². The minimum absolute atomic E-state index is 0.0609. The highest BCUT2D eigenvalue weighted by atomic mass is 16.5. The lowest BCUT2D eigenvalue weighted by Gasteiger charge is -2.32. The molecule has 0 unspecified atom stereocenters. The highest BCUT2D eigenvalue weighted by molar-refractivity contribution is 5.91. The second-order valence-corrected chi connectivity index (χ2v) is 10.5. The van der Waals surface area contributed by atoms with E-state index in [2.05, 4.69) is 21.7 Å². The number of methoxy groups -OCH3 is 1. The molecule has 42 heavy (non-hydrogen) atoms. The summed E-state index contributed by atoms with van der Waals surface area (Å²) >= 11 is 0. The summed E-state index contributed by atoms with van der Waals surface area (Å²) in [7, 11) is 1.32. The molecule has 1 saturated heterocycles. The van der Waals surface area contributed by atoms with E-state index in [-0.39, 0.29) is 31.0 Å². The number of aryl methyl sites for hydroxylation is 1. The number of nitrogens with zero attached hydrogens (tertiary/aromatic N) is 4. The molecule has 1 fully saturated rings. The number of fused-ring (bicyclic) bond motifs is 1. The van der Waals surface area contributed by atoms with E-state index < -0.39 is 12.0 Å². The average molecular weight is 570 g/mol. The number of carbonyl (C=O) groups excluding carboxylic acids is 3. The Morgan fingerprint density at radius 2 is 1.90 bits per heavy atom. The zero-order valence-corrected chi connectivity index (χ0v) is 23.9. The number of nitrogens with one attached hydrogen (secondary N) is 1. The quantitative estimate of drug-likeness (QED) is 0.274. The maximum Gasteiger partial charge on any atom is 0.337 e. The summed E-state index contributed by atoms with van der Waals surface area (Å²) in [5.74, 6) is -1.09. The number of ether oxygens (including phenoxy) is 2. The van der Waals surface area contributed by atoms with Crippen molar-refractivity contribution >= 4 is 28.8 Å². The molecule has 0 spiro atoms. The van der Waals surface area contributed by atoms with Crippen molar-refractivity contribution in [2.24, 2.45) is 0 Å². The first-order valence-electron chi connectivity index (χ1n) is 14.1. The van der Waals surface area contributed by atoms with Crippen LogP contribution >= 0.6 is 0 Å². The molecule has 5 rings (SSSR count). The van der Waals surface area contributed by atoms with Crippen LogP contribution in [-0.2, 0) is 32.0 Å². The molecule has 1 aliphatic heterocycles. The van der Waals surface area contributed by atoms with Gasteiger partial charge in [-0.15, -0.1) is 5.10 Å². The smallest absolute Gasteiger partial charge is 0.337 e. The fourth-order valence-corrected chi connectivity index (χ4v) is 5.28. The molecule has 2 amide bonds. The zero-order valence-electron chi connectivity index (χ0n) is 23.9. The van der Waals surface area contributed by atoms with Crippen LogP contribution in [0, 0.1) is 6.92 Å². The molecule has 3 aromatic carbocycles. The average Bonchev–Trinajstić information content (AvgIpc) is 3.68. The molecule has 4 aromatic rings. The first-order chi connectivity index (χ1) is 20.4. The van der Waals surface area contributed by atoms with Gasteiger partial charge in [0.15, 0.2) is 0 Å². The first kappa shape index (κ1) is 28.9. The lowest BCUT2D eigenvalue weighted by Crippen LogP contribution is -2.47. The zero-order chi connectivity index (χ0) is 29.5. The number of amides is 2. The lowest BCUT2D eigenvalue weighted by molar-refractivity contribution is -0.141. The van der Waals surface area contributed by atoms with Crippen molar-refractivity contribution in [1.29, 1.82) is 0 Å². The molecule has 0 radical (unpaired) electrons. The summed E-state index contributed by atoms with van der Waals surface area (Å²) in [6.07, 6.45) is 2.30. The van der Waals surface area contributed by atoms with E-state index in [9.17, 15) is 14.4 Å². The minimum Gasteiger partial charge on any atom is -0.465 e. The Balaban J connectivity index is 1.48. The predicted molar refractivity (Wildman–Crippen MR) is 157 cm³/mol. The molecule has 218 valence electrons. The Kier molecular flexibility index (Phi) is 9.23. The number of esters is 1. The second kappa shape index (κ2) is 13.4. The molecule has 10 heteroatoms. The third-order valence-electron chi connectivity index (χ3n) is 7.48. The van der Waals surface area contributed by atoms with Crippen LogP contribution in [0.5, 0.6) is 0 Å². The summed E-state index contributed by atoms with van der Waals surface area (Å²) in [5.41, 5.74) is 4.51. The number of para-hydroxylation sites is 1. The van der Waals surface area contributed by atoms with Crippen molar-refractivity contribution in [2.45, 2.75) is 44.9 Å². The molecular formula is C32H35N5O5. The Morgan fingerprint density at radius 3 is 2.64 bits per heavy atom. The van der Waals surface area contributed by atoms with Gasteiger partial charge in [0, 0.05) is 19.7 Å². The number of hydrogen-bond donors (Lipinski definition) is 1. The van der Waals surface area contributed by atoms with E-state index >= 15 is 0 Å². The van der Waals surface area contributed by atoms with Gasteiger partial charge in [0.25, 0.3) is 0 Å². The van der Waals surface area contributed by atoms with Crippen LogP contribution in [0.2, 0.25) is 0 Å². The highest BCUT2D eigenvalue weighted by Gasteiger charge is 2.32. The van der Waals surface area contributed by atoms with Gasteiger partial charge in [0.05, 0.1) is 24.3 Å². The molecule has 1 N–H and O–H groups in total. The highest BCUT2D eigenvalue weighted by Crippen LogP contribution is 2.25. The molecule has 1 aliphatic rings. The summed E-state index contributed by atoms with van der Waals surface area (Å²) in [4.78, 5) is 41.7. The van der Waals surface area contributed by atoms with E-state index in [0.717, 1.165) is 29.5 Å². The first-order valence-corrected chi connectivity index (χ1v) is 14.1. The monoisotopic (exact) mass is 569 g/mol. The van der Waals surface area contributed by atoms with Crippen molar-refractivity contribution in [3.05, 3.63) is 95.1 Å². The topological polar surface area (TPSA) is 116 Å². The van der Waals surface area contributed by atoms with Crippen LogP contribution in [0.3, 0.4) is 0 Å². The Labute approximate surface area is 244 Å². The van der Waals surface area contributed by atoms with Crippen molar-refractivity contribution in [3.63, 3.8) is 0 Å². The summed E-state index contributed by atoms with van der Waals surface area (Å²) in [6.45, 7) is 3.23. The van der Waals surface area contributed by atoms with Gasteiger partial charge in [0.2, 0.25) is 11.8 Å². The SMILES string of the molecule is COC(=O)c1ccc([C@@H](C(=O)NC[C@@H]2CCCO2)N(CCc2cccc(C)c2)C(=O)Cn2nnc3ccccc32)cc1. The largest absolute Gasteiger partial charge is 0.465 e. The van der Waals surface area contributed by atoms with Gasteiger partial charge in [-0.1, -0.05) is 59.3 Å². The lowest BCUT2D eigenvalue weighted by atomic mass is 10.0. The summed E-state index contributed by atoms with van der Waals surface area (Å²) in [5, 5.41) is 11.4. The molecule has 1 aromatic heterocycles. The second-order valence-electron chi connectivity index (χ2n) is 10.5. The standard InChI is InChI=1S/C32H35N5O5/c1-22-7-5-8-23(19-22)16-17-36(29(38)21-37-28-11-4-3-10-27(28)34-35-37)30(31(39)33-20-26-9-6-18-42-26)24-12-14-25(15-13-24)32(40)41-2/h3-5,7-8,10-15,19,26,30H,6,9,16-18,20-21H2,1-2H3,(H,33,39)/t26-,30-/m0/s1. The fraction of sp³-hybridized carbons (Fsp3) is 0.344. The van der Waals surface area contributed by atoms with Crippen molar-refractivity contribution in [2.75, 3.05) is 26.8 Å². The van der Waals surface area contributed by atoms with Crippen LogP contribution < -0.4 is 5.32 Å². The van der Waals surface area contributed by atoms with E-state index in [1.54, 1.807) is 33.8 Å². The van der Waals surface area contributed by atoms with E-state index in [1.165, 1.54) is 7.11 Å². The number of hydrogen-bond acceptors (Lipinski definition) is 7. The van der Waals surface area contributed by atoms with E-state index in [0.29, 0.717) is 36.2 Å². The third kappa shape index (κ3) is 6.83. The third-order valence-corrected chi connectivity index (χ3v) is 7.48. The normalized spacial score (nSPS) is 15.3. The summed E-state index contributed by atoms with van der Waals surface area (Å²) in [6, 6.07) is 21.2. The van der Waals surface area contributed by atoms with Crippen LogP contribution in [0.25, 0.3) is 11.0 Å². The predicted octanol–water partition coefficient (Wildman–Crippen LogP) is 3.63. The summed E-state index contributed by atoms with van der Waals surface area (Å²) < 4.78 is 12.1. The van der Waals surface area contributed by atoms with Gasteiger partial charge in [-0.05, 0) is 61.6 Å². The Bertz CT molecular complexity index is 1540. The van der Waals surface area contributed by atoms with Crippen LogP contribution in [-0.4, -0.2) is 70.6 Å². The van der Waals surface area contributed by atoms with Gasteiger partial charge < -0.3 is 19.7 Å². The molecule has 0 saturated carbocycles. The molecule has 0 bridgehead atoms. The number of aromatic nitrogens is 3. The fourth-order valence-electron chi connectivity index (χ4n) is 5.28. The Hall–Kier alpha value is -4.57. The van der Waals surface area contributed by atoms with Crippen LogP contribution in [0.1, 0.15) is 45.9 Å². The van der Waals surface area contributed by atoms with Crippen molar-refractivity contribution < 1.29 is 23.9 Å². The van der Waals surface area contributed by atoms with Gasteiger partial charge in [0.1, 0.15) is 18.1 Å². The minimum atomic E-state index is -0.954. The molecule has 10 nitrogen and oxygen atoms in total. The van der Waals surface area contributed by atoms with Crippen molar-refractivity contribution in [3.8, 4) is 0 Å². The van der Waals surface area contributed by atoms with E-state index in [1.807, 2.05) is 49.4 Å². The molecule has 0 aliphatic carbocycles. The van der Waals surface area contributed by atoms with Gasteiger partial charge in [-0.25, -0.2) is 9.48 Å². The maximum atomic E-state index is 14.1. The number of rotatable bonds is 11. The van der Waals surface area contributed by atoms with Crippen molar-refractivity contribution in [1.82, 2.24) is 25.2 Å². The molecule has 2 atom stereocenters. The van der Waals surface area contributed by atoms with E-state index in [4.69, 9.17) is 9.47 Å². The van der Waals surface area contributed by atoms with Gasteiger partial charge in [-0.3, -0.25) is 9.59 Å². The van der Waals surface area contributed by atoms with Gasteiger partial charge in [-0.2, -0.15) is 0 Å².